The molecule has 36 heavy (non-hydrogen) atoms. The van der Waals surface area contributed by atoms with Gasteiger partial charge in [0.1, 0.15) is 23.6 Å². The average molecular weight is 496 g/mol. The van der Waals surface area contributed by atoms with Crippen molar-refractivity contribution in [3.8, 4) is 33.8 Å². The fraction of sp³-hybridized carbons (Fsp3) is 0.259. The average Bonchev–Trinajstić information content (AvgIpc) is 3.28. The zero-order valence-electron chi connectivity index (χ0n) is 19.7. The molecule has 0 saturated carbocycles. The third kappa shape index (κ3) is 4.48. The van der Waals surface area contributed by atoms with E-state index >= 15 is 0 Å². The third-order valence-electron chi connectivity index (χ3n) is 6.17. The molecule has 3 heterocycles. The van der Waals surface area contributed by atoms with E-state index in [4.69, 9.17) is 13.9 Å². The minimum Gasteiger partial charge on any atom is -0.496 e. The summed E-state index contributed by atoms with van der Waals surface area (Å²) in [6, 6.07) is 11.2. The van der Waals surface area contributed by atoms with Crippen LogP contribution in [0.15, 0.2) is 59.5 Å². The second kappa shape index (κ2) is 9.22. The van der Waals surface area contributed by atoms with Gasteiger partial charge in [-0.05, 0) is 60.4 Å². The van der Waals surface area contributed by atoms with Crippen molar-refractivity contribution in [1.82, 2.24) is 9.88 Å². The van der Waals surface area contributed by atoms with Gasteiger partial charge in [0.25, 0.3) is 5.91 Å². The van der Waals surface area contributed by atoms with Gasteiger partial charge in [0.15, 0.2) is 0 Å². The van der Waals surface area contributed by atoms with Crippen LogP contribution < -0.4 is 9.47 Å². The van der Waals surface area contributed by atoms with Gasteiger partial charge in [-0.1, -0.05) is 6.07 Å². The smallest absolute Gasteiger partial charge is 0.406 e. The van der Waals surface area contributed by atoms with Gasteiger partial charge in [0, 0.05) is 29.3 Å². The van der Waals surface area contributed by atoms with Gasteiger partial charge < -0.3 is 18.8 Å². The predicted octanol–water partition coefficient (Wildman–Crippen LogP) is 6.13. The number of alkyl halides is 3. The molecule has 186 valence electrons. The van der Waals surface area contributed by atoms with Gasteiger partial charge in [-0.2, -0.15) is 13.2 Å². The number of furan rings is 1. The Morgan fingerprint density at radius 2 is 1.92 bits per heavy atom. The van der Waals surface area contributed by atoms with Gasteiger partial charge in [-0.25, -0.2) is 0 Å². The summed E-state index contributed by atoms with van der Waals surface area (Å²) >= 11 is 0. The van der Waals surface area contributed by atoms with Crippen molar-refractivity contribution < 1.29 is 31.9 Å². The van der Waals surface area contributed by atoms with E-state index < -0.39 is 18.6 Å². The van der Waals surface area contributed by atoms with Crippen molar-refractivity contribution in [2.24, 2.45) is 0 Å². The number of carbonyl (C=O) groups is 1. The van der Waals surface area contributed by atoms with E-state index in [1.807, 2.05) is 37.3 Å². The fourth-order valence-corrected chi connectivity index (χ4v) is 4.57. The molecular weight excluding hydrogens is 473 g/mol. The number of ether oxygens (including phenoxy) is 2. The lowest BCUT2D eigenvalue weighted by Crippen LogP contribution is -2.43. The van der Waals surface area contributed by atoms with Crippen molar-refractivity contribution in [3.63, 3.8) is 0 Å². The number of methoxy groups -OCH3 is 1. The van der Waals surface area contributed by atoms with Crippen LogP contribution in [-0.4, -0.2) is 48.8 Å². The summed E-state index contributed by atoms with van der Waals surface area (Å²) in [5, 5.41) is 0.857. The van der Waals surface area contributed by atoms with Crippen molar-refractivity contribution in [3.05, 3.63) is 66.2 Å². The molecule has 0 radical (unpaired) electrons. The molecule has 0 aliphatic carbocycles. The van der Waals surface area contributed by atoms with Crippen molar-refractivity contribution in [1.29, 1.82) is 0 Å². The molecule has 1 aliphatic heterocycles. The second-order valence-electron chi connectivity index (χ2n) is 8.51. The maximum absolute atomic E-state index is 12.9. The highest BCUT2D eigenvalue weighted by molar-refractivity contribution is 6.02. The highest BCUT2D eigenvalue weighted by Crippen LogP contribution is 2.39. The molecule has 1 amide bonds. The molecule has 2 aromatic heterocycles. The summed E-state index contributed by atoms with van der Waals surface area (Å²) in [6.45, 7) is 1.16. The number of rotatable bonds is 6. The van der Waals surface area contributed by atoms with E-state index in [2.05, 4.69) is 4.98 Å². The largest absolute Gasteiger partial charge is 0.496 e. The van der Waals surface area contributed by atoms with Crippen LogP contribution in [0, 0.1) is 0 Å². The number of halogens is 3. The third-order valence-corrected chi connectivity index (χ3v) is 6.17. The lowest BCUT2D eigenvalue weighted by atomic mass is 9.92. The first-order chi connectivity index (χ1) is 17.3. The number of hydrogen-bond acceptors (Lipinski definition) is 5. The molecule has 9 heteroatoms. The monoisotopic (exact) mass is 496 g/mol. The normalized spacial score (nSPS) is 13.7. The van der Waals surface area contributed by atoms with E-state index in [0.717, 1.165) is 32.5 Å². The highest BCUT2D eigenvalue weighted by Gasteiger charge is 2.37. The number of amides is 1. The van der Waals surface area contributed by atoms with Gasteiger partial charge >= 0.3 is 6.18 Å². The molecular formula is C27H23F3N2O4. The summed E-state index contributed by atoms with van der Waals surface area (Å²) in [7, 11) is 1.40. The van der Waals surface area contributed by atoms with Crippen LogP contribution in [0.25, 0.3) is 33.2 Å². The van der Waals surface area contributed by atoms with Crippen LogP contribution in [0.4, 0.5) is 13.2 Å². The Balaban J connectivity index is 1.51. The van der Waals surface area contributed by atoms with Crippen molar-refractivity contribution >= 4 is 16.9 Å². The summed E-state index contributed by atoms with van der Waals surface area (Å²) in [5.74, 6) is 0.241. The number of benzene rings is 2. The molecule has 0 N–H and O–H groups in total. The van der Waals surface area contributed by atoms with E-state index in [1.54, 1.807) is 24.7 Å². The maximum atomic E-state index is 12.9. The first-order valence-electron chi connectivity index (χ1n) is 11.4. The van der Waals surface area contributed by atoms with E-state index in [1.165, 1.54) is 7.11 Å². The van der Waals surface area contributed by atoms with Crippen LogP contribution in [0.5, 0.6) is 11.5 Å². The Hall–Kier alpha value is -4.01. The summed E-state index contributed by atoms with van der Waals surface area (Å²) < 4.78 is 55.6. The number of carbonyl (C=O) groups excluding carboxylic acids is 1. The standard InChI is InChI=1S/C27H23F3N2O4/c1-3-35-20-9-19(12-31-13-20)16-4-5-21-22(14-36-23(21)10-16)18-8-17-6-7-32(15-27(28,29)30)26(33)25(17)24(11-18)34-2/h4-5,8-14H,3,6-7,15H2,1-2H3. The Labute approximate surface area is 205 Å². The molecule has 0 fully saturated rings. The number of hydrogen-bond donors (Lipinski definition) is 0. The van der Waals surface area contributed by atoms with E-state index in [-0.39, 0.29) is 17.9 Å². The molecule has 1 aliphatic rings. The van der Waals surface area contributed by atoms with Gasteiger partial charge in [0.2, 0.25) is 0 Å². The van der Waals surface area contributed by atoms with Crippen molar-refractivity contribution in [2.75, 3.05) is 26.8 Å². The molecule has 0 saturated heterocycles. The Bertz CT molecular complexity index is 1430. The van der Waals surface area contributed by atoms with E-state index in [9.17, 15) is 18.0 Å². The molecule has 0 bridgehead atoms. The Morgan fingerprint density at radius 1 is 1.08 bits per heavy atom. The van der Waals surface area contributed by atoms with Gasteiger partial charge in [0.05, 0.1) is 31.7 Å². The van der Waals surface area contributed by atoms with Crippen LogP contribution in [-0.2, 0) is 6.42 Å². The molecule has 0 unspecified atom stereocenters. The minimum atomic E-state index is -4.46. The number of pyridine rings is 1. The van der Waals surface area contributed by atoms with Crippen molar-refractivity contribution in [2.45, 2.75) is 19.5 Å². The highest BCUT2D eigenvalue weighted by atomic mass is 19.4. The number of nitrogens with zero attached hydrogens (tertiary/aromatic N) is 2. The lowest BCUT2D eigenvalue weighted by molar-refractivity contribution is -0.141. The topological polar surface area (TPSA) is 64.8 Å². The molecule has 2 aromatic carbocycles. The van der Waals surface area contributed by atoms with Gasteiger partial charge in [-0.15, -0.1) is 0 Å². The molecule has 0 spiro atoms. The Kier molecular flexibility index (Phi) is 6.07. The number of aromatic nitrogens is 1. The molecule has 0 atom stereocenters. The van der Waals surface area contributed by atoms with Crippen LogP contribution in [0.3, 0.4) is 0 Å². The zero-order valence-corrected chi connectivity index (χ0v) is 19.7. The number of fused-ring (bicyclic) bond motifs is 2. The first-order valence-corrected chi connectivity index (χ1v) is 11.4. The molecule has 6 nitrogen and oxygen atoms in total. The minimum absolute atomic E-state index is 0.0116. The van der Waals surface area contributed by atoms with E-state index in [0.29, 0.717) is 29.9 Å². The summed E-state index contributed by atoms with van der Waals surface area (Å²) in [6.07, 6.45) is 0.874. The zero-order chi connectivity index (χ0) is 25.4. The van der Waals surface area contributed by atoms with Crippen LogP contribution in [0.1, 0.15) is 22.8 Å². The SMILES string of the molecule is CCOc1cncc(-c2ccc3c(-c4cc5c(c(OC)c4)C(=O)N(CC(F)(F)F)CC5)coc3c2)c1. The Morgan fingerprint density at radius 3 is 2.67 bits per heavy atom. The van der Waals surface area contributed by atoms with Crippen LogP contribution >= 0.6 is 0 Å². The summed E-state index contributed by atoms with van der Waals surface area (Å²) in [5.41, 5.74) is 4.84. The maximum Gasteiger partial charge on any atom is 0.406 e. The predicted molar refractivity (Wildman–Crippen MR) is 128 cm³/mol. The lowest BCUT2D eigenvalue weighted by Gasteiger charge is -2.30. The van der Waals surface area contributed by atoms with Gasteiger partial charge in [-0.3, -0.25) is 9.78 Å². The fourth-order valence-electron chi connectivity index (χ4n) is 4.57. The molecule has 5 rings (SSSR count). The quantitative estimate of drug-likeness (QED) is 0.321. The second-order valence-corrected chi connectivity index (χ2v) is 8.51. The summed E-state index contributed by atoms with van der Waals surface area (Å²) in [4.78, 5) is 17.9. The first kappa shape index (κ1) is 23.7. The molecule has 4 aromatic rings. The van der Waals surface area contributed by atoms with Crippen LogP contribution in [0.2, 0.25) is 0 Å².